The number of hydrogen-bond donors (Lipinski definition) is 5. The topological polar surface area (TPSA) is 90.2 Å². The van der Waals surface area contributed by atoms with Crippen LogP contribution in [0.5, 0.6) is 0 Å². The van der Waals surface area contributed by atoms with Crippen LogP contribution in [0.1, 0.15) is 25.7 Å². The summed E-state index contributed by atoms with van der Waals surface area (Å²) in [5.74, 6) is -0.161. The summed E-state index contributed by atoms with van der Waals surface area (Å²) in [6, 6.07) is 8.82. The quantitative estimate of drug-likeness (QED) is 0.358. The van der Waals surface area contributed by atoms with E-state index in [9.17, 15) is 4.79 Å². The molecule has 0 saturated carbocycles. The number of likely N-dealkylation sites (tertiary alicyclic amines) is 1. The summed E-state index contributed by atoms with van der Waals surface area (Å²) in [6.07, 6.45) is 5.00. The van der Waals surface area contributed by atoms with Gasteiger partial charge in [-0.25, -0.2) is 5.43 Å². The highest BCUT2D eigenvalue weighted by atomic mass is 16.2. The molecule has 4 saturated heterocycles. The van der Waals surface area contributed by atoms with Gasteiger partial charge in [0.25, 0.3) is 0 Å². The summed E-state index contributed by atoms with van der Waals surface area (Å²) in [7, 11) is 4.27. The van der Waals surface area contributed by atoms with Crippen molar-refractivity contribution >= 4 is 17.3 Å². The normalized spacial score (nSPS) is 30.5. The molecule has 1 amide bonds. The lowest BCUT2D eigenvalue weighted by Gasteiger charge is -2.48. The predicted octanol–water partition coefficient (Wildman–Crippen LogP) is 0.0798. The molecule has 4 aliphatic heterocycles. The van der Waals surface area contributed by atoms with Crippen molar-refractivity contribution in [1.82, 2.24) is 36.2 Å². The Kier molecular flexibility index (Phi) is 8.61. The van der Waals surface area contributed by atoms with E-state index >= 15 is 0 Å². The van der Waals surface area contributed by atoms with Crippen LogP contribution in [0, 0.1) is 5.92 Å². The first-order valence-corrected chi connectivity index (χ1v) is 13.8. The minimum Gasteiger partial charge on any atom is -0.369 e. The number of fused-ring (bicyclic) bond motifs is 1. The number of nitrogens with zero attached hydrogens (tertiary/aromatic N) is 4. The molecule has 4 unspecified atom stereocenters. The SMILES string of the molecule is CN(C)CCN1CCN(c2ccc(NC3NC(N4CCCCCC4)NC4CNNC(=O)C43)cc2)CC1. The van der Waals surface area contributed by atoms with Crippen molar-refractivity contribution in [2.24, 2.45) is 5.92 Å². The number of amides is 1. The van der Waals surface area contributed by atoms with E-state index in [1.54, 1.807) is 0 Å². The van der Waals surface area contributed by atoms with Crippen LogP contribution < -0.4 is 31.7 Å². The van der Waals surface area contributed by atoms with E-state index in [1.165, 1.54) is 31.4 Å². The Labute approximate surface area is 216 Å². The second-order valence-corrected chi connectivity index (χ2v) is 11.0. The molecule has 10 heteroatoms. The summed E-state index contributed by atoms with van der Waals surface area (Å²) < 4.78 is 0. The highest BCUT2D eigenvalue weighted by Gasteiger charge is 2.44. The molecule has 0 aromatic heterocycles. The van der Waals surface area contributed by atoms with E-state index < -0.39 is 0 Å². The van der Waals surface area contributed by atoms with Gasteiger partial charge in [-0.3, -0.25) is 30.7 Å². The number of carbonyl (C=O) groups excluding carboxylic acids is 1. The van der Waals surface area contributed by atoms with Crippen LogP contribution in [-0.2, 0) is 4.79 Å². The fraction of sp³-hybridized carbons (Fsp3) is 0.731. The Hall–Kier alpha value is -1.95. The maximum atomic E-state index is 12.8. The molecule has 200 valence electrons. The standard InChI is InChI=1S/C26H45N9O/c1-32(2)13-14-33-15-17-34(18-16-33)21-9-7-20(8-10-21)28-24-23-22(19-27-31-25(23)36)29-26(30-24)35-11-5-3-4-6-12-35/h7-10,22-24,26-30H,3-6,11-19H2,1-2H3,(H,31,36). The van der Waals surface area contributed by atoms with Gasteiger partial charge in [-0.1, -0.05) is 12.8 Å². The first-order chi connectivity index (χ1) is 17.6. The van der Waals surface area contributed by atoms with Crippen LogP contribution in [0.2, 0.25) is 0 Å². The molecule has 4 atom stereocenters. The summed E-state index contributed by atoms with van der Waals surface area (Å²) >= 11 is 0. The summed E-state index contributed by atoms with van der Waals surface area (Å²) in [5, 5.41) is 11.1. The molecule has 4 heterocycles. The number of anilines is 2. The van der Waals surface area contributed by atoms with Gasteiger partial charge in [0.15, 0.2) is 0 Å². The first-order valence-electron chi connectivity index (χ1n) is 13.8. The van der Waals surface area contributed by atoms with E-state index in [1.807, 2.05) is 0 Å². The Morgan fingerprint density at radius 2 is 1.67 bits per heavy atom. The molecule has 1 aromatic carbocycles. The lowest BCUT2D eigenvalue weighted by atomic mass is 9.91. The summed E-state index contributed by atoms with van der Waals surface area (Å²) in [4.78, 5) is 22.6. The lowest BCUT2D eigenvalue weighted by molar-refractivity contribution is -0.132. The number of hydrazine groups is 1. The van der Waals surface area contributed by atoms with Gasteiger partial charge < -0.3 is 15.1 Å². The number of rotatable bonds is 7. The fourth-order valence-corrected chi connectivity index (χ4v) is 5.93. The van der Waals surface area contributed by atoms with Gasteiger partial charge in [-0.15, -0.1) is 0 Å². The molecule has 1 aromatic rings. The van der Waals surface area contributed by atoms with Crippen LogP contribution in [-0.4, -0.2) is 112 Å². The van der Waals surface area contributed by atoms with Gasteiger partial charge in [0.1, 0.15) is 6.29 Å². The van der Waals surface area contributed by atoms with Crippen LogP contribution in [0.15, 0.2) is 24.3 Å². The van der Waals surface area contributed by atoms with E-state index in [2.05, 4.69) is 84.8 Å². The number of nitrogens with one attached hydrogen (secondary N) is 5. The maximum Gasteiger partial charge on any atom is 0.242 e. The summed E-state index contributed by atoms with van der Waals surface area (Å²) in [6.45, 7) is 9.48. The molecule has 4 fully saturated rings. The molecule has 10 nitrogen and oxygen atoms in total. The van der Waals surface area contributed by atoms with E-state index in [0.29, 0.717) is 0 Å². The van der Waals surface area contributed by atoms with Gasteiger partial charge in [0.05, 0.1) is 12.1 Å². The second-order valence-electron chi connectivity index (χ2n) is 11.0. The van der Waals surface area contributed by atoms with Crippen molar-refractivity contribution in [3.8, 4) is 0 Å². The fourth-order valence-electron chi connectivity index (χ4n) is 5.93. The maximum absolute atomic E-state index is 12.8. The molecule has 0 bridgehead atoms. The Morgan fingerprint density at radius 3 is 2.36 bits per heavy atom. The molecular formula is C26H45N9O. The largest absolute Gasteiger partial charge is 0.369 e. The Morgan fingerprint density at radius 1 is 0.944 bits per heavy atom. The van der Waals surface area contributed by atoms with Crippen molar-refractivity contribution in [1.29, 1.82) is 0 Å². The third kappa shape index (κ3) is 6.30. The van der Waals surface area contributed by atoms with Gasteiger partial charge in [0.2, 0.25) is 5.91 Å². The number of piperazine rings is 1. The van der Waals surface area contributed by atoms with Crippen molar-refractivity contribution in [3.05, 3.63) is 24.3 Å². The van der Waals surface area contributed by atoms with E-state index in [0.717, 1.165) is 64.6 Å². The average Bonchev–Trinajstić information content (AvgIpc) is 3.18. The van der Waals surface area contributed by atoms with Gasteiger partial charge in [-0.05, 0) is 51.2 Å². The molecular weight excluding hydrogens is 454 g/mol. The lowest BCUT2D eigenvalue weighted by Crippen LogP contribution is -2.76. The molecule has 0 radical (unpaired) electrons. The molecule has 4 aliphatic rings. The van der Waals surface area contributed by atoms with Crippen molar-refractivity contribution in [3.63, 3.8) is 0 Å². The van der Waals surface area contributed by atoms with Crippen LogP contribution >= 0.6 is 0 Å². The van der Waals surface area contributed by atoms with Gasteiger partial charge in [0, 0.05) is 76.3 Å². The number of likely N-dealkylation sites (N-methyl/N-ethyl adjacent to an activating group) is 1. The van der Waals surface area contributed by atoms with E-state index in [-0.39, 0.29) is 30.3 Å². The third-order valence-corrected chi connectivity index (χ3v) is 8.13. The number of carbonyl (C=O) groups is 1. The minimum absolute atomic E-state index is 0.0295. The smallest absolute Gasteiger partial charge is 0.242 e. The van der Waals surface area contributed by atoms with E-state index in [4.69, 9.17) is 0 Å². The molecule has 0 aliphatic carbocycles. The first kappa shape index (κ1) is 25.7. The summed E-state index contributed by atoms with van der Waals surface area (Å²) in [5.41, 5.74) is 8.22. The Balaban J connectivity index is 1.21. The average molecular weight is 500 g/mol. The minimum atomic E-state index is -0.190. The second kappa shape index (κ2) is 12.1. The third-order valence-electron chi connectivity index (χ3n) is 8.13. The Bertz CT molecular complexity index is 834. The molecule has 5 N–H and O–H groups in total. The highest BCUT2D eigenvalue weighted by molar-refractivity contribution is 5.81. The zero-order chi connectivity index (χ0) is 24.9. The van der Waals surface area contributed by atoms with Crippen LogP contribution in [0.3, 0.4) is 0 Å². The van der Waals surface area contributed by atoms with Crippen molar-refractivity contribution in [2.75, 3.05) is 83.2 Å². The predicted molar refractivity (Wildman–Crippen MR) is 145 cm³/mol. The molecule has 36 heavy (non-hydrogen) atoms. The number of hydrogen-bond acceptors (Lipinski definition) is 9. The van der Waals surface area contributed by atoms with Gasteiger partial charge in [-0.2, -0.15) is 0 Å². The molecule has 0 spiro atoms. The monoisotopic (exact) mass is 499 g/mol. The molecule has 5 rings (SSSR count). The zero-order valence-corrected chi connectivity index (χ0v) is 22.0. The van der Waals surface area contributed by atoms with Crippen molar-refractivity contribution in [2.45, 2.75) is 44.2 Å². The van der Waals surface area contributed by atoms with Gasteiger partial charge >= 0.3 is 0 Å². The number of benzene rings is 1. The highest BCUT2D eigenvalue weighted by Crippen LogP contribution is 2.25. The van der Waals surface area contributed by atoms with Crippen LogP contribution in [0.4, 0.5) is 11.4 Å². The zero-order valence-electron chi connectivity index (χ0n) is 22.0. The van der Waals surface area contributed by atoms with Crippen LogP contribution in [0.25, 0.3) is 0 Å². The van der Waals surface area contributed by atoms with Crippen molar-refractivity contribution < 1.29 is 4.79 Å².